The molecule has 4 heterocycles. The maximum absolute atomic E-state index is 12.9. The molecule has 0 radical (unpaired) electrons. The first-order chi connectivity index (χ1) is 40.1. The highest BCUT2D eigenvalue weighted by Gasteiger charge is 2.89. The van der Waals surface area contributed by atoms with E-state index in [4.69, 9.17) is 50.7 Å². The fourth-order valence-corrected chi connectivity index (χ4v) is 14.8. The maximum atomic E-state index is 12.9. The van der Waals surface area contributed by atoms with E-state index in [1.165, 1.54) is 0 Å². The first-order valence-corrected chi connectivity index (χ1v) is 29.4. The number of aliphatic hydroxyl groups excluding tert-OH is 2. The fourth-order valence-electron chi connectivity index (χ4n) is 14.8. The zero-order chi connectivity index (χ0) is 65.4. The zero-order valence-electron chi connectivity index (χ0n) is 48.1. The van der Waals surface area contributed by atoms with Gasteiger partial charge in [0, 0.05) is 80.4 Å². The Morgan fingerprint density at radius 1 is 0.678 bits per heavy atom. The normalized spacial score (nSPS) is 39.8. The second kappa shape index (κ2) is 26.3. The van der Waals surface area contributed by atoms with Gasteiger partial charge in [0.05, 0.1) is 11.7 Å². The molecule has 8 fully saturated rings. The van der Waals surface area contributed by atoms with Gasteiger partial charge >= 0.3 is 40.2 Å². The standard InChI is InChI=1S/C32H49NO9.C18H24N4O18.H2O4S/c1-6-18(3)25(35)41-24-11-12-26(4)19-8-9-20-28(37)13-23(34)31(39)21(29(28,38)16-30(20,26)42-32(19,24)40)15-33-14-17(2)7-10-22(33)27(31,5)36;23-11(1-5-19(28)29)36-9-10-15(38-12(24)2-6-20(30)31)16(39-13(25)3-7-21(32)33)17(18(27)37-10)40-14(26)4-8-22(34)35;1-5(2,3)4/h6,17,19-24,34,36-40H,7-16H2,1-5H3;10,15-18,27H,1-9H2;(H2,1,2,3,4). The number of hydrogen-bond donors (Lipinski definition) is 9. The maximum Gasteiger partial charge on any atom is 0.394 e. The molecule has 8 aliphatic rings. The lowest BCUT2D eigenvalue weighted by molar-refractivity contribution is -0.479. The van der Waals surface area contributed by atoms with Crippen LogP contribution in [0.25, 0.3) is 0 Å². The van der Waals surface area contributed by atoms with Crippen molar-refractivity contribution in [3.63, 3.8) is 0 Å². The number of esters is 5. The number of ether oxygens (including phenoxy) is 7. The van der Waals surface area contributed by atoms with Crippen LogP contribution < -0.4 is 0 Å². The van der Waals surface area contributed by atoms with Crippen molar-refractivity contribution in [2.75, 3.05) is 45.9 Å². The van der Waals surface area contributed by atoms with Gasteiger partial charge in [-0.05, 0) is 65.2 Å². The smallest absolute Gasteiger partial charge is 0.394 e. The molecule has 87 heavy (non-hydrogen) atoms. The molecule has 4 aliphatic carbocycles. The molecule has 0 amide bonds. The Hall–Kier alpha value is -5.84. The summed E-state index contributed by atoms with van der Waals surface area (Å²) in [7, 11) is -4.67. The molecule has 37 heteroatoms. The topological polar surface area (TPSA) is 542 Å². The van der Waals surface area contributed by atoms with Crippen molar-refractivity contribution in [3.05, 3.63) is 52.1 Å². The average molecular weight is 1270 g/mol. The Labute approximate surface area is 495 Å². The van der Waals surface area contributed by atoms with Crippen LogP contribution >= 0.6 is 0 Å². The molecule has 4 bridgehead atoms. The first kappa shape index (κ1) is 70.2. The van der Waals surface area contributed by atoms with E-state index in [-0.39, 0.29) is 25.4 Å². The first-order valence-electron chi connectivity index (χ1n) is 28.0. The number of carbonyl (C=O) groups excluding carboxylic acids is 5. The Bertz CT molecular complexity index is 2800. The van der Waals surface area contributed by atoms with Crippen LogP contribution in [0.4, 0.5) is 0 Å². The lowest BCUT2D eigenvalue weighted by atomic mass is 9.49. The molecule has 19 unspecified atom stereocenters. The number of aliphatic hydroxyl groups is 7. The zero-order valence-corrected chi connectivity index (χ0v) is 48.9. The molecule has 4 aliphatic heterocycles. The molecule has 4 saturated heterocycles. The lowest BCUT2D eigenvalue weighted by Crippen LogP contribution is -2.85. The Balaban J connectivity index is 0.000000258. The molecular formula is C50H75N5O31S. The number of piperidine rings is 2. The summed E-state index contributed by atoms with van der Waals surface area (Å²) in [4.78, 5) is 102. The molecular weight excluding hydrogens is 1200 g/mol. The lowest BCUT2D eigenvalue weighted by Gasteiger charge is -2.68. The van der Waals surface area contributed by atoms with E-state index in [1.807, 2.05) is 6.92 Å². The van der Waals surface area contributed by atoms with Gasteiger partial charge in [0.25, 0.3) is 0 Å². The predicted molar refractivity (Wildman–Crippen MR) is 281 cm³/mol. The molecule has 1 spiro atoms. The minimum atomic E-state index is -4.67. The van der Waals surface area contributed by atoms with E-state index in [0.29, 0.717) is 50.1 Å². The van der Waals surface area contributed by atoms with Gasteiger partial charge in [-0.15, -0.1) is 0 Å². The van der Waals surface area contributed by atoms with Crippen molar-refractivity contribution in [2.24, 2.45) is 29.1 Å². The molecule has 4 saturated carbocycles. The van der Waals surface area contributed by atoms with Crippen LogP contribution in [0.2, 0.25) is 0 Å². The van der Waals surface area contributed by atoms with Crippen molar-refractivity contribution in [2.45, 2.75) is 194 Å². The number of nitrogens with zero attached hydrogens (tertiary/aromatic N) is 5. The summed E-state index contributed by atoms with van der Waals surface area (Å²) < 4.78 is 69.3. The third kappa shape index (κ3) is 14.0. The van der Waals surface area contributed by atoms with Gasteiger partial charge in [-0.1, -0.05) is 19.9 Å². The van der Waals surface area contributed by atoms with Crippen LogP contribution in [0, 0.1) is 69.5 Å². The molecule has 0 aromatic rings. The molecule has 8 rings (SSSR count). The molecule has 0 aromatic carbocycles. The summed E-state index contributed by atoms with van der Waals surface area (Å²) in [6.07, 6.45) is -10.9. The minimum absolute atomic E-state index is 0.0606. The third-order valence-electron chi connectivity index (χ3n) is 18.9. The van der Waals surface area contributed by atoms with Crippen LogP contribution in [0.3, 0.4) is 0 Å². The van der Waals surface area contributed by atoms with E-state index in [1.54, 1.807) is 26.8 Å². The summed E-state index contributed by atoms with van der Waals surface area (Å²) in [5.41, 5.74) is -8.96. The SMILES string of the molecule is CC=C(C)C(=O)OC1CCC2(C)C3CCC4C5(O)CC(O)C6(O)C(CN7CC(C)CCC7C6(C)O)C5(O)CC42OC13O.O=C(CC[N+](=O)[O-])OCC1OC(O)C(OC(=O)CC[N+](=O)[O-])C(OC(=O)CC[N+](=O)[O-])C1OC(=O)CC[N+](=O)[O-].O=S(=O)(O)O. The quantitative estimate of drug-likeness (QED) is 0.0168. The molecule has 36 nitrogen and oxygen atoms in total. The third-order valence-corrected chi connectivity index (χ3v) is 18.9. The predicted octanol–water partition coefficient (Wildman–Crippen LogP) is -2.01. The van der Waals surface area contributed by atoms with Gasteiger partial charge in [0.1, 0.15) is 60.8 Å². The number of fused-ring (bicyclic) bond motifs is 5. The van der Waals surface area contributed by atoms with Crippen LogP contribution in [-0.4, -0.2) is 236 Å². The molecule has 19 atom stereocenters. The Kier molecular flexibility index (Phi) is 21.2. The van der Waals surface area contributed by atoms with E-state index >= 15 is 0 Å². The van der Waals surface area contributed by atoms with Crippen LogP contribution in [0.1, 0.15) is 112 Å². The van der Waals surface area contributed by atoms with Crippen molar-refractivity contribution in [1.29, 1.82) is 0 Å². The van der Waals surface area contributed by atoms with Crippen LogP contribution in [-0.2, 0) is 67.5 Å². The molecule has 0 aromatic heterocycles. The van der Waals surface area contributed by atoms with Gasteiger partial charge in [0.2, 0.25) is 32.0 Å². The van der Waals surface area contributed by atoms with E-state index in [2.05, 4.69) is 11.8 Å². The van der Waals surface area contributed by atoms with E-state index in [0.717, 1.165) is 6.42 Å². The highest BCUT2D eigenvalue weighted by atomic mass is 32.3. The van der Waals surface area contributed by atoms with Gasteiger partial charge in [0.15, 0.2) is 30.7 Å². The van der Waals surface area contributed by atoms with Gasteiger partial charge in [-0.3, -0.25) is 73.6 Å². The Morgan fingerprint density at radius 2 is 1.17 bits per heavy atom. The van der Waals surface area contributed by atoms with E-state index in [9.17, 15) is 100 Å². The van der Waals surface area contributed by atoms with Gasteiger partial charge < -0.3 is 68.9 Å². The summed E-state index contributed by atoms with van der Waals surface area (Å²) >= 11 is 0. The monoisotopic (exact) mass is 1270 g/mol. The molecule has 492 valence electrons. The summed E-state index contributed by atoms with van der Waals surface area (Å²) in [6, 6.07) is -0.387. The second-order valence-corrected chi connectivity index (χ2v) is 24.9. The summed E-state index contributed by atoms with van der Waals surface area (Å²) in [5, 5.41) is 127. The number of nitro groups is 4. The highest BCUT2D eigenvalue weighted by Crippen LogP contribution is 2.78. The van der Waals surface area contributed by atoms with Crippen molar-refractivity contribution in [1.82, 2.24) is 4.90 Å². The van der Waals surface area contributed by atoms with Crippen molar-refractivity contribution < 1.29 is 130 Å². The number of allylic oxidation sites excluding steroid dienone is 1. The number of rotatable bonds is 19. The van der Waals surface area contributed by atoms with Gasteiger partial charge in [-0.25, -0.2) is 4.79 Å². The van der Waals surface area contributed by atoms with Crippen molar-refractivity contribution in [3.8, 4) is 0 Å². The van der Waals surface area contributed by atoms with Gasteiger partial charge in [-0.2, -0.15) is 8.42 Å². The summed E-state index contributed by atoms with van der Waals surface area (Å²) in [5.74, 6) is -9.11. The van der Waals surface area contributed by atoms with Crippen molar-refractivity contribution >= 4 is 40.2 Å². The number of carbonyl (C=O) groups is 5. The summed E-state index contributed by atoms with van der Waals surface area (Å²) in [6.45, 7) is 5.60. The second-order valence-electron chi connectivity index (χ2n) is 24.0. The number of hydrogen-bond acceptors (Lipinski definition) is 30. The largest absolute Gasteiger partial charge is 0.463 e. The fraction of sp³-hybridized carbons (Fsp3) is 0.860. The van der Waals surface area contributed by atoms with Crippen LogP contribution in [0.5, 0.6) is 0 Å². The highest BCUT2D eigenvalue weighted by molar-refractivity contribution is 7.79. The van der Waals surface area contributed by atoms with Crippen LogP contribution in [0.15, 0.2) is 11.6 Å². The van der Waals surface area contributed by atoms with E-state index < -0.39 is 218 Å². The molecule has 9 N–H and O–H groups in total. The minimum Gasteiger partial charge on any atom is -0.463 e. The average Bonchev–Trinajstić information content (AvgIpc) is 1.49. The Morgan fingerprint density at radius 3 is 1.69 bits per heavy atom.